The minimum absolute atomic E-state index is 0.0591. The van der Waals surface area contributed by atoms with Gasteiger partial charge in [0.25, 0.3) is 0 Å². The third-order valence-corrected chi connectivity index (χ3v) is 2.98. The summed E-state index contributed by atoms with van der Waals surface area (Å²) in [6.07, 6.45) is 1.85. The van der Waals surface area contributed by atoms with Crippen molar-refractivity contribution in [1.82, 2.24) is 0 Å². The Kier molecular flexibility index (Phi) is 4.39. The molecule has 0 saturated heterocycles. The summed E-state index contributed by atoms with van der Waals surface area (Å²) in [6, 6.07) is 4.39. The van der Waals surface area contributed by atoms with Crippen molar-refractivity contribution < 1.29 is 19.4 Å². The summed E-state index contributed by atoms with van der Waals surface area (Å²) in [5.41, 5.74) is 0.921. The molecule has 1 N–H and O–H groups in total. The molecule has 0 aliphatic rings. The summed E-state index contributed by atoms with van der Waals surface area (Å²) in [7, 11) is 3.04. The number of rotatable bonds is 4. The number of hydrogen-bond acceptors (Lipinski definition) is 5. The average Bonchev–Trinajstić information content (AvgIpc) is 2.36. The molecule has 17 heavy (non-hydrogen) atoms. The fourth-order valence-electron chi connectivity index (χ4n) is 1.26. The maximum Gasteiger partial charge on any atom is 0.337 e. The molecule has 0 aromatic heterocycles. The fraction of sp³-hybridized carbons (Fsp3) is 0.273. The second-order valence-corrected chi connectivity index (χ2v) is 4.16. The first kappa shape index (κ1) is 13.4. The smallest absolute Gasteiger partial charge is 0.337 e. The maximum absolute atomic E-state index is 11.4. The van der Waals surface area contributed by atoms with Crippen LogP contribution in [0.3, 0.4) is 0 Å². The van der Waals surface area contributed by atoms with Gasteiger partial charge < -0.3 is 14.1 Å². The van der Waals surface area contributed by atoms with Gasteiger partial charge in [0.15, 0.2) is 0 Å². The number of benzene rings is 1. The zero-order chi connectivity index (χ0) is 13.0. The molecule has 0 amide bonds. The van der Waals surface area contributed by atoms with Gasteiger partial charge in [0, 0.05) is 19.0 Å². The van der Waals surface area contributed by atoms with Crippen LogP contribution in [0.2, 0.25) is 0 Å². The number of carboxylic acids is 1. The van der Waals surface area contributed by atoms with E-state index in [0.717, 1.165) is 0 Å². The third-order valence-electron chi connectivity index (χ3n) is 2.22. The van der Waals surface area contributed by atoms with Crippen LogP contribution in [0.25, 0.3) is 0 Å². The molecule has 0 aliphatic heterocycles. The second kappa shape index (κ2) is 5.58. The first-order chi connectivity index (χ1) is 7.99. The van der Waals surface area contributed by atoms with Crippen molar-refractivity contribution in [3.05, 3.63) is 29.3 Å². The zero-order valence-corrected chi connectivity index (χ0v) is 10.6. The normalized spacial score (nSPS) is 9.82. The molecule has 0 saturated carbocycles. The van der Waals surface area contributed by atoms with Crippen molar-refractivity contribution in [2.45, 2.75) is 0 Å². The average molecular weight is 255 g/mol. The van der Waals surface area contributed by atoms with E-state index in [1.54, 1.807) is 17.4 Å². The van der Waals surface area contributed by atoms with Crippen molar-refractivity contribution in [3.63, 3.8) is 0 Å². The highest BCUT2D eigenvalue weighted by atomic mass is 32.2. The Morgan fingerprint density at radius 2 is 1.88 bits per heavy atom. The Labute approximate surface area is 104 Å². The van der Waals surface area contributed by atoms with Gasteiger partial charge in [0.2, 0.25) is 0 Å². The van der Waals surface area contributed by atoms with Crippen molar-refractivity contribution in [3.8, 4) is 0 Å². The highest BCUT2D eigenvalue weighted by Crippen LogP contribution is 2.23. The molecular weight excluding hydrogens is 242 g/mol. The van der Waals surface area contributed by atoms with E-state index in [2.05, 4.69) is 4.74 Å². The van der Waals surface area contributed by atoms with E-state index in [1.807, 2.05) is 6.26 Å². The van der Waals surface area contributed by atoms with Crippen LogP contribution >= 0.6 is 11.9 Å². The predicted octanol–water partition coefficient (Wildman–Crippen LogP) is 1.89. The number of ether oxygens (including phenoxy) is 1. The minimum atomic E-state index is -1.08. The number of carbonyl (C=O) groups excluding carboxylic acids is 1. The van der Waals surface area contributed by atoms with Gasteiger partial charge in [-0.15, -0.1) is 0 Å². The Bertz CT molecular complexity index is 447. The second-order valence-electron chi connectivity index (χ2n) is 3.25. The molecular formula is C11H13NO4S. The highest BCUT2D eigenvalue weighted by Gasteiger charge is 2.14. The molecule has 0 spiro atoms. The SMILES string of the molecule is COC(=O)c1cc(C(=O)O)cc(N(C)SC)c1. The van der Waals surface area contributed by atoms with Crippen molar-refractivity contribution >= 4 is 29.6 Å². The van der Waals surface area contributed by atoms with Crippen LogP contribution in [0.4, 0.5) is 5.69 Å². The summed E-state index contributed by atoms with van der Waals surface area (Å²) in [6.45, 7) is 0. The number of carboxylic acid groups (broad SMARTS) is 1. The monoisotopic (exact) mass is 255 g/mol. The van der Waals surface area contributed by atoms with Gasteiger partial charge in [-0.2, -0.15) is 0 Å². The lowest BCUT2D eigenvalue weighted by Gasteiger charge is -2.16. The van der Waals surface area contributed by atoms with Crippen molar-refractivity contribution in [2.24, 2.45) is 0 Å². The van der Waals surface area contributed by atoms with Crippen LogP contribution in [-0.4, -0.2) is 37.5 Å². The van der Waals surface area contributed by atoms with E-state index in [4.69, 9.17) is 5.11 Å². The van der Waals surface area contributed by atoms with Crippen LogP contribution in [0.1, 0.15) is 20.7 Å². The van der Waals surface area contributed by atoms with Gasteiger partial charge in [0.1, 0.15) is 0 Å². The lowest BCUT2D eigenvalue weighted by Crippen LogP contribution is -2.10. The van der Waals surface area contributed by atoms with Crippen LogP contribution in [0, 0.1) is 0 Å². The van der Waals surface area contributed by atoms with Crippen LogP contribution in [0.15, 0.2) is 18.2 Å². The third kappa shape index (κ3) is 3.13. The Morgan fingerprint density at radius 1 is 1.29 bits per heavy atom. The quantitative estimate of drug-likeness (QED) is 0.654. The number of hydrogen-bond donors (Lipinski definition) is 1. The molecule has 0 atom stereocenters. The Hall–Kier alpha value is -1.69. The topological polar surface area (TPSA) is 66.8 Å². The molecule has 0 bridgehead atoms. The fourth-order valence-corrected chi connectivity index (χ4v) is 1.57. The van der Waals surface area contributed by atoms with Crippen LogP contribution in [0.5, 0.6) is 0 Å². The molecule has 0 unspecified atom stereocenters. The van der Waals surface area contributed by atoms with Gasteiger partial charge in [-0.1, -0.05) is 11.9 Å². The molecule has 1 aromatic carbocycles. The Balaban J connectivity index is 3.28. The van der Waals surface area contributed by atoms with Gasteiger partial charge >= 0.3 is 11.9 Å². The van der Waals surface area contributed by atoms with Crippen molar-refractivity contribution in [1.29, 1.82) is 0 Å². The summed E-state index contributed by atoms with van der Waals surface area (Å²) < 4.78 is 6.34. The van der Waals surface area contributed by atoms with E-state index < -0.39 is 11.9 Å². The first-order valence-corrected chi connectivity index (χ1v) is 5.92. The maximum atomic E-state index is 11.4. The minimum Gasteiger partial charge on any atom is -0.478 e. The summed E-state index contributed by atoms with van der Waals surface area (Å²) in [5.74, 6) is -1.63. The number of aromatic carboxylic acids is 1. The summed E-state index contributed by atoms with van der Waals surface area (Å²) in [5, 5.41) is 8.97. The zero-order valence-electron chi connectivity index (χ0n) is 9.76. The molecule has 1 rings (SSSR count). The largest absolute Gasteiger partial charge is 0.478 e. The molecule has 1 aromatic rings. The lowest BCUT2D eigenvalue weighted by atomic mass is 10.1. The van der Waals surface area contributed by atoms with Gasteiger partial charge in [-0.3, -0.25) is 0 Å². The van der Waals surface area contributed by atoms with Crippen LogP contribution in [-0.2, 0) is 4.74 Å². The molecule has 92 valence electrons. The van der Waals surface area contributed by atoms with E-state index in [0.29, 0.717) is 5.69 Å². The van der Waals surface area contributed by atoms with E-state index in [1.165, 1.54) is 31.2 Å². The lowest BCUT2D eigenvalue weighted by molar-refractivity contribution is 0.0601. The van der Waals surface area contributed by atoms with Crippen LogP contribution < -0.4 is 4.31 Å². The molecule has 0 fully saturated rings. The van der Waals surface area contributed by atoms with E-state index in [-0.39, 0.29) is 11.1 Å². The first-order valence-electron chi connectivity index (χ1n) is 4.74. The van der Waals surface area contributed by atoms with E-state index >= 15 is 0 Å². The molecule has 0 heterocycles. The molecule has 5 nitrogen and oxygen atoms in total. The number of nitrogens with zero attached hydrogens (tertiary/aromatic N) is 1. The summed E-state index contributed by atoms with van der Waals surface area (Å²) >= 11 is 1.41. The predicted molar refractivity (Wildman–Crippen MR) is 66.7 cm³/mol. The number of anilines is 1. The number of carbonyl (C=O) groups is 2. The summed E-state index contributed by atoms with van der Waals surface area (Å²) in [4.78, 5) is 22.4. The van der Waals surface area contributed by atoms with Crippen molar-refractivity contribution in [2.75, 3.05) is 24.7 Å². The number of esters is 1. The van der Waals surface area contributed by atoms with Gasteiger partial charge in [-0.25, -0.2) is 9.59 Å². The molecule has 6 heteroatoms. The highest BCUT2D eigenvalue weighted by molar-refractivity contribution is 7.99. The molecule has 0 radical (unpaired) electrons. The Morgan fingerprint density at radius 3 is 2.35 bits per heavy atom. The van der Waals surface area contributed by atoms with Gasteiger partial charge in [0.05, 0.1) is 18.2 Å². The van der Waals surface area contributed by atoms with Gasteiger partial charge in [-0.05, 0) is 18.2 Å². The standard InChI is InChI=1S/C11H13NO4S/c1-12(17-3)9-5-7(10(13)14)4-8(6-9)11(15)16-2/h4-6H,1-3H3,(H,13,14). The van der Waals surface area contributed by atoms with E-state index in [9.17, 15) is 9.59 Å². The molecule has 0 aliphatic carbocycles. The number of methoxy groups -OCH3 is 1.